The van der Waals surface area contributed by atoms with Crippen LogP contribution in [0.4, 0.5) is 0 Å². The van der Waals surface area contributed by atoms with E-state index in [4.69, 9.17) is 0 Å². The van der Waals surface area contributed by atoms with Crippen molar-refractivity contribution in [2.75, 3.05) is 0 Å². The molecule has 0 radical (unpaired) electrons. The van der Waals surface area contributed by atoms with Gasteiger partial charge in [0.25, 0.3) is 0 Å². The van der Waals surface area contributed by atoms with E-state index in [0.29, 0.717) is 34.7 Å². The van der Waals surface area contributed by atoms with E-state index in [-0.39, 0.29) is 58.7 Å². The van der Waals surface area contributed by atoms with Crippen molar-refractivity contribution in [1.29, 1.82) is 0 Å². The third-order valence-electron chi connectivity index (χ3n) is 12.0. The number of aryl methyl sites for hydroxylation is 4. The molecule has 0 bridgehead atoms. The summed E-state index contributed by atoms with van der Waals surface area (Å²) >= 11 is 0. The zero-order chi connectivity index (χ0) is 43.6. The number of rotatable bonds is 30. The van der Waals surface area contributed by atoms with Crippen LogP contribution in [0, 0.1) is 0 Å². The first kappa shape index (κ1) is 55.9. The number of fused-ring (bicyclic) bond motifs is 2. The molecule has 0 spiro atoms. The van der Waals surface area contributed by atoms with Crippen LogP contribution in [-0.4, -0.2) is 74.8 Å². The summed E-state index contributed by atoms with van der Waals surface area (Å²) in [6, 6.07) is 19.5. The molecule has 9 heteroatoms. The molecule has 0 unspecified atom stereocenters. The maximum Gasteiger partial charge on any atom is 2.00 e. The fourth-order valence-electron chi connectivity index (χ4n) is 8.50. The molecule has 0 atom stereocenters. The van der Waals surface area contributed by atoms with Crippen molar-refractivity contribution in [2.45, 2.75) is 217 Å². The van der Waals surface area contributed by atoms with Crippen molar-refractivity contribution in [2.24, 2.45) is 0 Å². The second-order valence-corrected chi connectivity index (χ2v) is 19.8. The van der Waals surface area contributed by atoms with Gasteiger partial charge in [0.15, 0.2) is 0 Å². The summed E-state index contributed by atoms with van der Waals surface area (Å²) in [5.41, 5.74) is 3.79. The van der Waals surface area contributed by atoms with Crippen LogP contribution in [0.1, 0.15) is 204 Å². The molecule has 0 N–H and O–H groups in total. The topological polar surface area (TPSA) is 114 Å². The van der Waals surface area contributed by atoms with Gasteiger partial charge in [0.1, 0.15) is 20.2 Å². The Balaban J connectivity index is 0.000000413. The Hall–Kier alpha value is -1.21. The summed E-state index contributed by atoms with van der Waals surface area (Å²) in [6.45, 7) is 8.84. The van der Waals surface area contributed by atoms with Gasteiger partial charge in [0.05, 0.1) is 9.79 Å². The summed E-state index contributed by atoms with van der Waals surface area (Å²) in [6.07, 6.45) is 32.1. The van der Waals surface area contributed by atoms with Crippen molar-refractivity contribution in [3.63, 3.8) is 0 Å². The third-order valence-corrected chi connectivity index (χ3v) is 13.9. The molecule has 0 saturated carbocycles. The average molecular weight is 1000 g/mol. The number of unbranched alkanes of at least 4 members (excludes halogenated alkanes) is 20. The van der Waals surface area contributed by atoms with E-state index in [0.717, 1.165) is 62.1 Å². The molecule has 0 fully saturated rings. The number of benzene rings is 4. The molecule has 4 aromatic carbocycles. The van der Waals surface area contributed by atoms with E-state index in [1.807, 2.05) is 48.5 Å². The van der Waals surface area contributed by atoms with E-state index >= 15 is 0 Å². The van der Waals surface area contributed by atoms with Crippen molar-refractivity contribution >= 4 is 90.7 Å². The van der Waals surface area contributed by atoms with Gasteiger partial charge in [-0.3, -0.25) is 0 Å². The van der Waals surface area contributed by atoms with E-state index in [1.165, 1.54) is 127 Å². The number of hydrogen-bond donors (Lipinski definition) is 0. The molecule has 4 rings (SSSR count). The molecule has 0 aliphatic carbocycles. The van der Waals surface area contributed by atoms with E-state index in [9.17, 15) is 25.9 Å². The molecule has 6 nitrogen and oxygen atoms in total. The monoisotopic (exact) mass is 1000 g/mol. The molecule has 0 aliphatic rings. The quantitative estimate of drug-likeness (QED) is 0.0292. The molecule has 336 valence electrons. The molecule has 0 amide bonds. The molecule has 4 aromatic rings. The maximum absolute atomic E-state index is 12.1. The Kier molecular flexibility index (Phi) is 29.0. The van der Waals surface area contributed by atoms with Crippen molar-refractivity contribution in [1.82, 2.24) is 0 Å². The Morgan fingerprint density at radius 1 is 0.361 bits per heavy atom. The molecule has 0 heterocycles. The zero-order valence-electron chi connectivity index (χ0n) is 38.5. The van der Waals surface area contributed by atoms with Gasteiger partial charge >= 0.3 is 48.9 Å². The first-order valence-corrected chi connectivity index (χ1v) is 26.8. The van der Waals surface area contributed by atoms with Crippen molar-refractivity contribution in [3.8, 4) is 0 Å². The first-order chi connectivity index (χ1) is 28.9. The smallest absolute Gasteiger partial charge is 0.744 e. The normalized spacial score (nSPS) is 11.8. The van der Waals surface area contributed by atoms with Crippen LogP contribution in [-0.2, 0) is 45.9 Å². The Morgan fingerprint density at radius 3 is 0.934 bits per heavy atom. The van der Waals surface area contributed by atoms with Crippen LogP contribution in [0.15, 0.2) is 70.5 Å². The van der Waals surface area contributed by atoms with Crippen molar-refractivity contribution in [3.05, 3.63) is 82.9 Å². The van der Waals surface area contributed by atoms with Gasteiger partial charge in [-0.1, -0.05) is 217 Å². The Bertz CT molecular complexity index is 1900. The van der Waals surface area contributed by atoms with Gasteiger partial charge in [0.2, 0.25) is 0 Å². The van der Waals surface area contributed by atoms with Crippen LogP contribution in [0.25, 0.3) is 21.5 Å². The van der Waals surface area contributed by atoms with Gasteiger partial charge in [-0.25, -0.2) is 16.8 Å². The average Bonchev–Trinajstić information content (AvgIpc) is 3.22. The maximum atomic E-state index is 12.1. The first-order valence-electron chi connectivity index (χ1n) is 23.9. The fourth-order valence-corrected chi connectivity index (χ4v) is 10.4. The molecular weight excluding hydrogens is 922 g/mol. The summed E-state index contributed by atoms with van der Waals surface area (Å²) in [5, 5.41) is 2.89. The Labute approximate surface area is 412 Å². The predicted octanol–water partition coefficient (Wildman–Crippen LogP) is 14.7. The molecular formula is C52H78BaO6S2. The summed E-state index contributed by atoms with van der Waals surface area (Å²) in [7, 11) is -9.01. The second-order valence-electron chi connectivity index (χ2n) is 17.2. The Morgan fingerprint density at radius 2 is 0.639 bits per heavy atom. The minimum absolute atomic E-state index is 0. The van der Waals surface area contributed by atoms with Gasteiger partial charge in [-0.2, -0.15) is 0 Å². The van der Waals surface area contributed by atoms with Crippen LogP contribution in [0.3, 0.4) is 0 Å². The van der Waals surface area contributed by atoms with E-state index in [2.05, 4.69) is 39.8 Å². The second kappa shape index (κ2) is 31.6. The van der Waals surface area contributed by atoms with Gasteiger partial charge in [-0.05, 0) is 95.2 Å². The zero-order valence-corrected chi connectivity index (χ0v) is 44.6. The molecule has 0 aliphatic heterocycles. The van der Waals surface area contributed by atoms with Crippen LogP contribution < -0.4 is 0 Å². The third kappa shape index (κ3) is 21.1. The van der Waals surface area contributed by atoms with Crippen LogP contribution >= 0.6 is 0 Å². The minimum Gasteiger partial charge on any atom is -0.744 e. The minimum atomic E-state index is -4.50. The van der Waals surface area contributed by atoms with E-state index < -0.39 is 20.2 Å². The SMILES string of the molecule is CCCCCCCCc1ccc2c(S(=O)(=O)[O-])c(CCCCCCCC)ccc2c1.CCCCCCCCc1ccc2c(S(=O)(=O)[O-])c(CCCCCCCC)ccc2c1.[Ba+2]. The van der Waals surface area contributed by atoms with Crippen molar-refractivity contribution < 1.29 is 25.9 Å². The fraction of sp³-hybridized carbons (Fsp3) is 0.615. The molecule has 61 heavy (non-hydrogen) atoms. The standard InChI is InChI=1S/2C26H40O3S.Ba/c2*1-3-5-7-9-11-13-15-22-17-20-25-24(21-22)19-18-23(26(25)30(27,28)29)16-14-12-10-8-6-4-2;/h2*17-21H,3-16H2,1-2H3,(H,27,28,29);/q;;+2/p-2. The molecule has 0 aromatic heterocycles. The summed E-state index contributed by atoms with van der Waals surface area (Å²) < 4.78 is 72.4. The molecule has 0 saturated heterocycles. The summed E-state index contributed by atoms with van der Waals surface area (Å²) in [5.74, 6) is 0. The largest absolute Gasteiger partial charge is 2.00 e. The van der Waals surface area contributed by atoms with Gasteiger partial charge < -0.3 is 9.11 Å². The van der Waals surface area contributed by atoms with E-state index in [1.54, 1.807) is 0 Å². The van der Waals surface area contributed by atoms with Crippen LogP contribution in [0.2, 0.25) is 0 Å². The van der Waals surface area contributed by atoms with Gasteiger partial charge in [0, 0.05) is 0 Å². The van der Waals surface area contributed by atoms with Gasteiger partial charge in [-0.15, -0.1) is 0 Å². The number of hydrogen-bond acceptors (Lipinski definition) is 6. The van der Waals surface area contributed by atoms with Crippen LogP contribution in [0.5, 0.6) is 0 Å². The summed E-state index contributed by atoms with van der Waals surface area (Å²) in [4.78, 5) is -0.000604. The predicted molar refractivity (Wildman–Crippen MR) is 258 cm³/mol.